The van der Waals surface area contributed by atoms with E-state index in [1.165, 1.54) is 12.0 Å². The van der Waals surface area contributed by atoms with Crippen LogP contribution < -0.4 is 0 Å². The Hall–Kier alpha value is -2.27. The van der Waals surface area contributed by atoms with Gasteiger partial charge in [-0.2, -0.15) is 0 Å². The second-order valence-corrected chi connectivity index (χ2v) is 10.7. The largest absolute Gasteiger partial charge is 0.365 e. The highest BCUT2D eigenvalue weighted by atomic mass is 19.3. The number of nitrogens with zero attached hydrogens (tertiary/aromatic N) is 2. The Morgan fingerprint density at radius 3 is 2.09 bits per heavy atom. The Morgan fingerprint density at radius 1 is 0.971 bits per heavy atom. The van der Waals surface area contributed by atoms with Gasteiger partial charge in [0.15, 0.2) is 0 Å². The molecular weight excluding hydrogens is 433 g/mol. The summed E-state index contributed by atoms with van der Waals surface area (Å²) in [6.45, 7) is 9.99. The van der Waals surface area contributed by atoms with Gasteiger partial charge < -0.3 is 9.80 Å². The van der Waals surface area contributed by atoms with Crippen LogP contribution in [0.25, 0.3) is 16.8 Å². The van der Waals surface area contributed by atoms with Crippen molar-refractivity contribution in [3.8, 4) is 11.1 Å². The van der Waals surface area contributed by atoms with E-state index in [2.05, 4.69) is 35.7 Å². The zero-order chi connectivity index (χ0) is 24.3. The molecule has 0 N–H and O–H groups in total. The second kappa shape index (κ2) is 10.2. The molecule has 5 heteroatoms. The molecule has 0 saturated carbocycles. The molecule has 184 valence electrons. The molecule has 2 aromatic carbocycles. The summed E-state index contributed by atoms with van der Waals surface area (Å²) in [6.07, 6.45) is 4.45. The molecule has 2 fully saturated rings. The maximum atomic E-state index is 13.9. The molecule has 34 heavy (non-hydrogen) atoms. The zero-order valence-corrected chi connectivity index (χ0v) is 20.5. The van der Waals surface area contributed by atoms with Gasteiger partial charge in [0.05, 0.1) is 6.54 Å². The summed E-state index contributed by atoms with van der Waals surface area (Å²) in [6, 6.07) is 16.7. The minimum atomic E-state index is -2.62. The first kappa shape index (κ1) is 24.8. The first-order valence-corrected chi connectivity index (χ1v) is 12.5. The van der Waals surface area contributed by atoms with E-state index >= 15 is 0 Å². The van der Waals surface area contributed by atoms with Gasteiger partial charge in [-0.3, -0.25) is 0 Å². The number of benzene rings is 2. The monoisotopic (exact) mass is 470 g/mol. The summed E-state index contributed by atoms with van der Waals surface area (Å²) in [5, 5.41) is 0. The van der Waals surface area contributed by atoms with Crippen LogP contribution in [-0.4, -0.2) is 54.1 Å². The number of aryl methyl sites for hydroxylation is 1. The summed E-state index contributed by atoms with van der Waals surface area (Å²) in [7, 11) is 0. The maximum Gasteiger partial charge on any atom is 0.266 e. The van der Waals surface area contributed by atoms with Crippen molar-refractivity contribution >= 4 is 5.70 Å². The molecule has 0 atom stereocenters. The van der Waals surface area contributed by atoms with Gasteiger partial charge in [0.2, 0.25) is 0 Å². The van der Waals surface area contributed by atoms with Crippen LogP contribution in [-0.2, 0) is 6.42 Å². The van der Waals surface area contributed by atoms with Crippen LogP contribution >= 0.6 is 0 Å². The molecule has 0 unspecified atom stereocenters. The highest BCUT2D eigenvalue weighted by Crippen LogP contribution is 2.33. The lowest BCUT2D eigenvalue weighted by Gasteiger charge is -2.34. The van der Waals surface area contributed by atoms with Gasteiger partial charge in [0.1, 0.15) is 5.67 Å². The maximum absolute atomic E-state index is 13.9. The highest BCUT2D eigenvalue weighted by Gasteiger charge is 2.38. The minimum absolute atomic E-state index is 0.104. The van der Waals surface area contributed by atoms with E-state index in [9.17, 15) is 13.2 Å². The van der Waals surface area contributed by atoms with Crippen molar-refractivity contribution in [2.45, 2.75) is 57.5 Å². The van der Waals surface area contributed by atoms with E-state index in [1.54, 1.807) is 18.7 Å². The quantitative estimate of drug-likeness (QED) is 0.408. The van der Waals surface area contributed by atoms with Crippen LogP contribution in [0.5, 0.6) is 0 Å². The fraction of sp³-hybridized carbons (Fsp3) is 0.517. The van der Waals surface area contributed by atoms with Crippen molar-refractivity contribution in [2.24, 2.45) is 5.92 Å². The Kier molecular flexibility index (Phi) is 7.42. The van der Waals surface area contributed by atoms with Crippen molar-refractivity contribution in [3.63, 3.8) is 0 Å². The summed E-state index contributed by atoms with van der Waals surface area (Å²) in [5.74, 6) is -1.90. The molecule has 4 rings (SSSR count). The topological polar surface area (TPSA) is 6.48 Å². The van der Waals surface area contributed by atoms with E-state index in [4.69, 9.17) is 0 Å². The molecule has 2 aromatic rings. The third kappa shape index (κ3) is 6.65. The van der Waals surface area contributed by atoms with Crippen LogP contribution in [0.3, 0.4) is 0 Å². The van der Waals surface area contributed by atoms with E-state index < -0.39 is 11.6 Å². The fourth-order valence-corrected chi connectivity index (χ4v) is 5.20. The molecule has 2 saturated heterocycles. The second-order valence-electron chi connectivity index (χ2n) is 10.7. The van der Waals surface area contributed by atoms with Gasteiger partial charge in [0, 0.05) is 25.2 Å². The van der Waals surface area contributed by atoms with E-state index in [1.807, 2.05) is 24.3 Å². The Labute approximate surface area is 202 Å². The lowest BCUT2D eigenvalue weighted by Crippen LogP contribution is -2.41. The number of hydrogen-bond donors (Lipinski definition) is 0. The smallest absolute Gasteiger partial charge is 0.266 e. The molecule has 0 aromatic heterocycles. The van der Waals surface area contributed by atoms with Crippen LogP contribution in [0.15, 0.2) is 55.1 Å². The molecule has 2 heterocycles. The molecule has 2 nitrogen and oxygen atoms in total. The normalized spacial score (nSPS) is 19.5. The van der Waals surface area contributed by atoms with Gasteiger partial charge >= 0.3 is 0 Å². The van der Waals surface area contributed by atoms with Crippen molar-refractivity contribution in [2.75, 3.05) is 32.7 Å². The van der Waals surface area contributed by atoms with Gasteiger partial charge in [-0.1, -0.05) is 55.1 Å². The Morgan fingerprint density at radius 2 is 1.56 bits per heavy atom. The third-order valence-electron chi connectivity index (χ3n) is 7.20. The van der Waals surface area contributed by atoms with Crippen LogP contribution in [0.2, 0.25) is 0 Å². The number of rotatable bonds is 8. The molecule has 0 aliphatic carbocycles. The third-order valence-corrected chi connectivity index (χ3v) is 7.20. The van der Waals surface area contributed by atoms with Crippen molar-refractivity contribution < 1.29 is 13.2 Å². The summed E-state index contributed by atoms with van der Waals surface area (Å²) < 4.78 is 40.9. The summed E-state index contributed by atoms with van der Waals surface area (Å²) in [4.78, 5) is 3.93. The molecular formula is C29H37F3N2. The molecule has 0 radical (unpaired) electrons. The van der Waals surface area contributed by atoms with Crippen LogP contribution in [0.1, 0.15) is 50.7 Å². The molecule has 0 spiro atoms. The number of likely N-dealkylation sites (tertiary alicyclic amines) is 2. The average Bonchev–Trinajstić information content (AvgIpc) is 3.17. The molecule has 0 bridgehead atoms. The first-order chi connectivity index (χ1) is 16.1. The van der Waals surface area contributed by atoms with E-state index in [0.29, 0.717) is 18.8 Å². The zero-order valence-electron chi connectivity index (χ0n) is 20.5. The minimum Gasteiger partial charge on any atom is -0.365 e. The van der Waals surface area contributed by atoms with E-state index in [-0.39, 0.29) is 13.0 Å². The predicted octanol–water partition coefficient (Wildman–Crippen LogP) is 7.06. The fourth-order valence-electron chi connectivity index (χ4n) is 5.20. The number of hydrogen-bond acceptors (Lipinski definition) is 2. The predicted molar refractivity (Wildman–Crippen MR) is 135 cm³/mol. The van der Waals surface area contributed by atoms with Crippen molar-refractivity contribution in [1.82, 2.24) is 9.80 Å². The van der Waals surface area contributed by atoms with E-state index in [0.717, 1.165) is 55.0 Å². The van der Waals surface area contributed by atoms with Gasteiger partial charge in [-0.05, 0) is 80.8 Å². The summed E-state index contributed by atoms with van der Waals surface area (Å²) in [5.41, 5.74) is 4.04. The standard InChI is InChI=1S/C29H37F3N2/c1-22(34-19-16-29(31,32)21-34)25-10-12-27(13-11-25)26-8-6-23(7-9-26)4-5-24-14-17-33(18-15-24)20-28(2,3)30/h6-13,24H,1,4-5,14-21H2,2-3H3. The Bertz CT molecular complexity index is 952. The molecule has 2 aliphatic heterocycles. The van der Waals surface area contributed by atoms with Crippen LogP contribution in [0, 0.1) is 5.92 Å². The lowest BCUT2D eigenvalue weighted by atomic mass is 9.90. The Balaban J connectivity index is 1.26. The van der Waals surface area contributed by atoms with Gasteiger partial charge in [-0.25, -0.2) is 13.2 Å². The van der Waals surface area contributed by atoms with Crippen molar-refractivity contribution in [3.05, 3.63) is 66.2 Å². The molecule has 2 aliphatic rings. The average molecular weight is 471 g/mol. The highest BCUT2D eigenvalue weighted by molar-refractivity contribution is 5.69. The first-order valence-electron chi connectivity index (χ1n) is 12.5. The van der Waals surface area contributed by atoms with Crippen LogP contribution in [0.4, 0.5) is 13.2 Å². The van der Waals surface area contributed by atoms with Crippen molar-refractivity contribution in [1.29, 1.82) is 0 Å². The SMILES string of the molecule is C=C(c1ccc(-c2ccc(CCC3CCN(CC(C)(C)F)CC3)cc2)cc1)N1CCC(F)(F)C1. The molecule has 0 amide bonds. The number of piperidine rings is 1. The number of halogens is 3. The van der Waals surface area contributed by atoms with Gasteiger partial charge in [-0.15, -0.1) is 0 Å². The summed E-state index contributed by atoms with van der Waals surface area (Å²) >= 11 is 0. The number of alkyl halides is 3. The lowest BCUT2D eigenvalue weighted by molar-refractivity contribution is 0.0169. The van der Waals surface area contributed by atoms with Gasteiger partial charge in [0.25, 0.3) is 5.92 Å².